The zero-order valence-corrected chi connectivity index (χ0v) is 12.5. The van der Waals surface area contributed by atoms with Crippen molar-refractivity contribution in [2.24, 2.45) is 5.84 Å². The third kappa shape index (κ3) is 3.56. The Labute approximate surface area is 119 Å². The lowest BCUT2D eigenvalue weighted by Crippen LogP contribution is -2.52. The number of morpholine rings is 1. The Kier molecular flexibility index (Phi) is 4.42. The van der Waals surface area contributed by atoms with Crippen molar-refractivity contribution in [2.75, 3.05) is 30.5 Å². The molecule has 0 radical (unpaired) electrons. The normalized spacial score (nSPS) is 21.9. The quantitative estimate of drug-likeness (QED) is 0.626. The van der Waals surface area contributed by atoms with Crippen molar-refractivity contribution in [3.8, 4) is 0 Å². The summed E-state index contributed by atoms with van der Waals surface area (Å²) >= 11 is 0. The Hall–Kier alpha value is -1.44. The number of nitrogens with two attached hydrogens (primary N) is 1. The number of aromatic nitrogens is 2. The van der Waals surface area contributed by atoms with Gasteiger partial charge in [0.1, 0.15) is 18.2 Å². The average molecular weight is 281 g/mol. The number of rotatable bonds is 4. The smallest absolute Gasteiger partial charge is 0.158 e. The maximum atomic E-state index is 5.91. The second-order valence-corrected chi connectivity index (χ2v) is 5.67. The van der Waals surface area contributed by atoms with Crippen molar-refractivity contribution < 1.29 is 9.47 Å². The molecule has 112 valence electrons. The van der Waals surface area contributed by atoms with Crippen LogP contribution in [-0.4, -0.2) is 41.9 Å². The van der Waals surface area contributed by atoms with Crippen LogP contribution in [0.5, 0.6) is 0 Å². The van der Waals surface area contributed by atoms with Gasteiger partial charge in [-0.1, -0.05) is 0 Å². The minimum atomic E-state index is -0.208. The summed E-state index contributed by atoms with van der Waals surface area (Å²) in [6.07, 6.45) is 0.147. The van der Waals surface area contributed by atoms with Crippen molar-refractivity contribution in [2.45, 2.75) is 39.1 Å². The molecule has 0 aromatic carbocycles. The molecule has 3 N–H and O–H groups in total. The van der Waals surface area contributed by atoms with E-state index < -0.39 is 0 Å². The van der Waals surface area contributed by atoms with Gasteiger partial charge < -0.3 is 19.8 Å². The topological polar surface area (TPSA) is 85.5 Å². The molecule has 1 unspecified atom stereocenters. The molecule has 1 aromatic heterocycles. The Morgan fingerprint density at radius 1 is 1.55 bits per heavy atom. The molecule has 0 bridgehead atoms. The molecule has 0 saturated carbocycles. The van der Waals surface area contributed by atoms with Gasteiger partial charge in [-0.25, -0.2) is 15.8 Å². The van der Waals surface area contributed by atoms with E-state index in [1.807, 2.05) is 6.07 Å². The number of anilines is 2. The fourth-order valence-corrected chi connectivity index (χ4v) is 2.54. The van der Waals surface area contributed by atoms with E-state index >= 15 is 0 Å². The van der Waals surface area contributed by atoms with Gasteiger partial charge in [0, 0.05) is 26.3 Å². The molecule has 1 aliphatic heterocycles. The van der Waals surface area contributed by atoms with Crippen LogP contribution in [0.2, 0.25) is 0 Å². The van der Waals surface area contributed by atoms with Crippen LogP contribution < -0.4 is 16.2 Å². The fourth-order valence-electron chi connectivity index (χ4n) is 2.54. The van der Waals surface area contributed by atoms with Crippen molar-refractivity contribution in [3.63, 3.8) is 0 Å². The number of ether oxygens (including phenoxy) is 2. The van der Waals surface area contributed by atoms with Crippen LogP contribution in [0.25, 0.3) is 0 Å². The summed E-state index contributed by atoms with van der Waals surface area (Å²) in [7, 11) is 1.62. The molecule has 1 atom stereocenters. The first kappa shape index (κ1) is 15.0. The molecular formula is C13H23N5O2. The van der Waals surface area contributed by atoms with Crippen molar-refractivity contribution in [1.29, 1.82) is 0 Å². The maximum Gasteiger partial charge on any atom is 0.158 e. The molecule has 7 heteroatoms. The molecule has 1 aliphatic rings. The SMILES string of the molecule is COCc1nc(NN)cc(N2CC(C)OC(C)(C)C2)n1. The predicted octanol–water partition coefficient (Wildman–Crippen LogP) is 0.912. The molecule has 0 spiro atoms. The summed E-state index contributed by atoms with van der Waals surface area (Å²) in [5.41, 5.74) is 2.36. The van der Waals surface area contributed by atoms with E-state index in [9.17, 15) is 0 Å². The average Bonchev–Trinajstić information content (AvgIpc) is 2.36. The number of nitrogen functional groups attached to an aromatic ring is 1. The molecule has 1 fully saturated rings. The summed E-state index contributed by atoms with van der Waals surface area (Å²) in [6, 6.07) is 1.84. The minimum absolute atomic E-state index is 0.147. The Balaban J connectivity index is 2.28. The number of hydrogen-bond acceptors (Lipinski definition) is 7. The highest BCUT2D eigenvalue weighted by Gasteiger charge is 2.32. The van der Waals surface area contributed by atoms with Crippen LogP contribution in [0.15, 0.2) is 6.07 Å². The largest absolute Gasteiger partial charge is 0.377 e. The van der Waals surface area contributed by atoms with E-state index in [4.69, 9.17) is 15.3 Å². The number of nitrogens with one attached hydrogen (secondary N) is 1. The monoisotopic (exact) mass is 281 g/mol. The predicted molar refractivity (Wildman–Crippen MR) is 77.4 cm³/mol. The van der Waals surface area contributed by atoms with E-state index in [1.54, 1.807) is 7.11 Å². The highest BCUT2D eigenvalue weighted by Crippen LogP contribution is 2.26. The summed E-state index contributed by atoms with van der Waals surface area (Å²) < 4.78 is 11.0. The maximum absolute atomic E-state index is 5.91. The second-order valence-electron chi connectivity index (χ2n) is 5.67. The summed E-state index contributed by atoms with van der Waals surface area (Å²) in [5, 5.41) is 0. The van der Waals surface area contributed by atoms with Crippen molar-refractivity contribution in [3.05, 3.63) is 11.9 Å². The molecular weight excluding hydrogens is 258 g/mol. The van der Waals surface area contributed by atoms with E-state index in [1.165, 1.54) is 0 Å². The van der Waals surface area contributed by atoms with Crippen LogP contribution in [0.1, 0.15) is 26.6 Å². The molecule has 2 rings (SSSR count). The third-order valence-electron chi connectivity index (χ3n) is 3.07. The molecule has 1 saturated heterocycles. The lowest BCUT2D eigenvalue weighted by Gasteiger charge is -2.42. The molecule has 0 aliphatic carbocycles. The number of hydrazine groups is 1. The summed E-state index contributed by atoms with van der Waals surface area (Å²) in [6.45, 7) is 8.13. The lowest BCUT2D eigenvalue weighted by molar-refractivity contribution is -0.0751. The van der Waals surface area contributed by atoms with Crippen LogP contribution in [0.4, 0.5) is 11.6 Å². The van der Waals surface area contributed by atoms with E-state index in [-0.39, 0.29) is 11.7 Å². The Bertz CT molecular complexity index is 466. The Morgan fingerprint density at radius 3 is 2.90 bits per heavy atom. The number of nitrogens with zero attached hydrogens (tertiary/aromatic N) is 3. The van der Waals surface area contributed by atoms with Gasteiger partial charge in [0.25, 0.3) is 0 Å². The van der Waals surface area contributed by atoms with Gasteiger partial charge in [-0.15, -0.1) is 0 Å². The van der Waals surface area contributed by atoms with Gasteiger partial charge >= 0.3 is 0 Å². The van der Waals surface area contributed by atoms with Gasteiger partial charge in [0.15, 0.2) is 5.82 Å². The van der Waals surface area contributed by atoms with Crippen LogP contribution in [-0.2, 0) is 16.1 Å². The standard InChI is InChI=1S/C13H23N5O2/c1-9-6-18(8-13(2,3)20-9)12-5-10(17-14)15-11(16-12)7-19-4/h5,9H,6-8,14H2,1-4H3,(H,15,16,17). The highest BCUT2D eigenvalue weighted by atomic mass is 16.5. The zero-order valence-electron chi connectivity index (χ0n) is 12.5. The van der Waals surface area contributed by atoms with E-state index in [2.05, 4.69) is 41.1 Å². The molecule has 2 heterocycles. The van der Waals surface area contributed by atoms with Gasteiger partial charge in [0.2, 0.25) is 0 Å². The minimum Gasteiger partial charge on any atom is -0.377 e. The van der Waals surface area contributed by atoms with Crippen molar-refractivity contribution in [1.82, 2.24) is 9.97 Å². The molecule has 0 amide bonds. The van der Waals surface area contributed by atoms with E-state index in [0.29, 0.717) is 18.2 Å². The van der Waals surface area contributed by atoms with Crippen LogP contribution in [0, 0.1) is 0 Å². The molecule has 7 nitrogen and oxygen atoms in total. The first-order valence-electron chi connectivity index (χ1n) is 6.70. The molecule has 1 aromatic rings. The highest BCUT2D eigenvalue weighted by molar-refractivity contribution is 5.49. The van der Waals surface area contributed by atoms with Gasteiger partial charge in [-0.05, 0) is 20.8 Å². The third-order valence-corrected chi connectivity index (χ3v) is 3.07. The van der Waals surface area contributed by atoms with Crippen molar-refractivity contribution >= 4 is 11.6 Å². The Morgan fingerprint density at radius 2 is 2.30 bits per heavy atom. The summed E-state index contributed by atoms with van der Waals surface area (Å²) in [4.78, 5) is 11.0. The van der Waals surface area contributed by atoms with Crippen LogP contribution in [0.3, 0.4) is 0 Å². The second kappa shape index (κ2) is 5.90. The first-order valence-corrected chi connectivity index (χ1v) is 6.70. The van der Waals surface area contributed by atoms with Crippen LogP contribution >= 0.6 is 0 Å². The fraction of sp³-hybridized carbons (Fsp3) is 0.692. The summed E-state index contributed by atoms with van der Waals surface area (Å²) in [5.74, 6) is 7.49. The van der Waals surface area contributed by atoms with Gasteiger partial charge in [-0.3, -0.25) is 0 Å². The number of hydrogen-bond donors (Lipinski definition) is 2. The number of methoxy groups -OCH3 is 1. The first-order chi connectivity index (χ1) is 9.43. The lowest BCUT2D eigenvalue weighted by atomic mass is 10.1. The molecule has 20 heavy (non-hydrogen) atoms. The van der Waals surface area contributed by atoms with Gasteiger partial charge in [0.05, 0.1) is 11.7 Å². The zero-order chi connectivity index (χ0) is 14.8. The van der Waals surface area contributed by atoms with Gasteiger partial charge in [-0.2, -0.15) is 0 Å². The van der Waals surface area contributed by atoms with E-state index in [0.717, 1.165) is 18.9 Å².